The van der Waals surface area contributed by atoms with Gasteiger partial charge in [-0.1, -0.05) is 13.0 Å². The maximum atomic E-state index is 4.20. The molecule has 0 aromatic heterocycles. The maximum absolute atomic E-state index is 4.20. The first-order valence-electron chi connectivity index (χ1n) is 2.45. The summed E-state index contributed by atoms with van der Waals surface area (Å²) in [7, 11) is 1.34. The Labute approximate surface area is 48.2 Å². The topological polar surface area (TPSA) is 0 Å². The van der Waals surface area contributed by atoms with Crippen LogP contribution >= 0.6 is 12.6 Å². The fraction of sp³-hybridized carbons (Fsp3) is 1.00. The van der Waals surface area contributed by atoms with Crippen molar-refractivity contribution in [2.75, 3.05) is 0 Å². The van der Waals surface area contributed by atoms with Gasteiger partial charge >= 0.3 is 0 Å². The van der Waals surface area contributed by atoms with Crippen LogP contribution < -0.4 is 0 Å². The second kappa shape index (κ2) is 3.75. The fourth-order valence-electron chi connectivity index (χ4n) is 0.418. The van der Waals surface area contributed by atoms with Crippen LogP contribution in [0.3, 0.4) is 0 Å². The fourth-order valence-corrected chi connectivity index (χ4v) is 2.03. The van der Waals surface area contributed by atoms with Gasteiger partial charge in [0.25, 0.3) is 0 Å². The molecule has 2 heteroatoms. The monoisotopic (exact) mass is 120 g/mol. The molecule has 0 fully saturated rings. The van der Waals surface area contributed by atoms with Gasteiger partial charge in [0.05, 0.1) is 0 Å². The highest BCUT2D eigenvalue weighted by atomic mass is 32.1. The summed E-state index contributed by atoms with van der Waals surface area (Å²) in [5.74, 6) is 0. The van der Waals surface area contributed by atoms with Crippen molar-refractivity contribution in [3.63, 3.8) is 0 Å². The largest absolute Gasteiger partial charge is 0.176 e. The van der Waals surface area contributed by atoms with Crippen LogP contribution in [0.2, 0.25) is 6.04 Å². The van der Waals surface area contributed by atoms with Gasteiger partial charge in [-0.05, 0) is 11.7 Å². The smallest absolute Gasteiger partial charge is 0.00285 e. The molecule has 0 bridgehead atoms. The Kier molecular flexibility index (Phi) is 4.10. The molecular formula is C4H12SSi. The van der Waals surface area contributed by atoms with E-state index >= 15 is 0 Å². The molecule has 0 saturated heterocycles. The molecule has 0 N–H and O–H groups in total. The third-order valence-corrected chi connectivity index (χ3v) is 1.54. The van der Waals surface area contributed by atoms with E-state index in [0.29, 0.717) is 5.25 Å². The molecule has 0 nitrogen and oxygen atoms in total. The first kappa shape index (κ1) is 6.57. The van der Waals surface area contributed by atoms with Crippen LogP contribution in [0, 0.1) is 0 Å². The average molecular weight is 120 g/mol. The van der Waals surface area contributed by atoms with E-state index in [-0.39, 0.29) is 0 Å². The quantitative estimate of drug-likeness (QED) is 0.398. The van der Waals surface area contributed by atoms with Crippen LogP contribution in [-0.2, 0) is 0 Å². The minimum Gasteiger partial charge on any atom is -0.176 e. The van der Waals surface area contributed by atoms with Gasteiger partial charge in [-0.3, -0.25) is 0 Å². The van der Waals surface area contributed by atoms with Crippen LogP contribution in [0.15, 0.2) is 0 Å². The molecule has 0 aliphatic carbocycles. The van der Waals surface area contributed by atoms with Crippen molar-refractivity contribution in [3.05, 3.63) is 0 Å². The van der Waals surface area contributed by atoms with E-state index in [1.165, 1.54) is 22.7 Å². The second-order valence-electron chi connectivity index (χ2n) is 1.64. The van der Waals surface area contributed by atoms with Crippen molar-refractivity contribution in [1.82, 2.24) is 0 Å². The minimum atomic E-state index is 0.627. The molecule has 0 aliphatic rings. The Bertz CT molecular complexity index is 28.7. The Balaban J connectivity index is 2.63. The molecule has 1 atom stereocenters. The molecular weight excluding hydrogens is 108 g/mol. The first-order valence-corrected chi connectivity index (χ1v) is 4.38. The minimum absolute atomic E-state index is 0.627. The van der Waals surface area contributed by atoms with Gasteiger partial charge < -0.3 is 0 Å². The van der Waals surface area contributed by atoms with Gasteiger partial charge in [0.15, 0.2) is 0 Å². The second-order valence-corrected chi connectivity index (χ2v) is 3.52. The highest BCUT2D eigenvalue weighted by Gasteiger charge is 1.86. The summed E-state index contributed by atoms with van der Waals surface area (Å²) in [5, 5.41) is 0.627. The summed E-state index contributed by atoms with van der Waals surface area (Å²) in [4.78, 5) is 0. The van der Waals surface area contributed by atoms with Crippen LogP contribution in [0.25, 0.3) is 0 Å². The standard InChI is InChI=1S/C4H12SSi/c1-4(5)2-3-6/h4-5H,2-3H2,1,6H3. The van der Waals surface area contributed by atoms with E-state index in [1.807, 2.05) is 0 Å². The van der Waals surface area contributed by atoms with Crippen LogP contribution in [0.4, 0.5) is 0 Å². The number of rotatable bonds is 2. The molecule has 0 aliphatic heterocycles. The zero-order chi connectivity index (χ0) is 4.99. The summed E-state index contributed by atoms with van der Waals surface area (Å²) in [6.45, 7) is 2.14. The van der Waals surface area contributed by atoms with Gasteiger partial charge in [-0.25, -0.2) is 0 Å². The molecule has 1 unspecified atom stereocenters. The van der Waals surface area contributed by atoms with E-state index in [0.717, 1.165) is 0 Å². The molecule has 0 heterocycles. The van der Waals surface area contributed by atoms with Crippen molar-refractivity contribution in [3.8, 4) is 0 Å². The van der Waals surface area contributed by atoms with E-state index in [2.05, 4.69) is 19.6 Å². The van der Waals surface area contributed by atoms with Gasteiger partial charge in [-0.15, -0.1) is 0 Å². The normalized spacial score (nSPS) is 15.0. The predicted molar refractivity (Wildman–Crippen MR) is 37.8 cm³/mol. The zero-order valence-electron chi connectivity index (χ0n) is 4.44. The molecule has 0 rings (SSSR count). The average Bonchev–Trinajstić information content (AvgIpc) is 1.35. The lowest BCUT2D eigenvalue weighted by Gasteiger charge is -1.95. The maximum Gasteiger partial charge on any atom is 0.00285 e. The first-order chi connectivity index (χ1) is 2.77. The number of hydrogen-bond donors (Lipinski definition) is 1. The third-order valence-electron chi connectivity index (χ3n) is 0.706. The molecule has 0 saturated carbocycles. The molecule has 0 aromatic carbocycles. The van der Waals surface area contributed by atoms with Gasteiger partial charge in [-0.2, -0.15) is 12.6 Å². The van der Waals surface area contributed by atoms with Gasteiger partial charge in [0.2, 0.25) is 0 Å². The number of thiol groups is 1. The summed E-state index contributed by atoms with van der Waals surface area (Å²) in [6.07, 6.45) is 1.30. The van der Waals surface area contributed by atoms with E-state index in [4.69, 9.17) is 0 Å². The third kappa shape index (κ3) is 4.57. The molecule has 0 amide bonds. The summed E-state index contributed by atoms with van der Waals surface area (Å²) < 4.78 is 0. The Morgan fingerprint density at radius 2 is 2.33 bits per heavy atom. The summed E-state index contributed by atoms with van der Waals surface area (Å²) in [6, 6.07) is 1.39. The molecule has 6 heavy (non-hydrogen) atoms. The van der Waals surface area contributed by atoms with Gasteiger partial charge in [0.1, 0.15) is 0 Å². The van der Waals surface area contributed by atoms with Crippen LogP contribution in [-0.4, -0.2) is 15.5 Å². The highest BCUT2D eigenvalue weighted by Crippen LogP contribution is 1.99. The lowest BCUT2D eigenvalue weighted by atomic mass is 10.4. The zero-order valence-corrected chi connectivity index (χ0v) is 7.33. The molecule has 0 aromatic rings. The lowest BCUT2D eigenvalue weighted by Crippen LogP contribution is -1.87. The van der Waals surface area contributed by atoms with Crippen molar-refractivity contribution in [2.24, 2.45) is 0 Å². The summed E-state index contributed by atoms with van der Waals surface area (Å²) in [5.41, 5.74) is 0. The van der Waals surface area contributed by atoms with Crippen molar-refractivity contribution in [1.29, 1.82) is 0 Å². The van der Waals surface area contributed by atoms with E-state index in [1.54, 1.807) is 0 Å². The van der Waals surface area contributed by atoms with Crippen LogP contribution in [0.5, 0.6) is 0 Å². The van der Waals surface area contributed by atoms with Crippen molar-refractivity contribution in [2.45, 2.75) is 24.6 Å². The van der Waals surface area contributed by atoms with E-state index in [9.17, 15) is 0 Å². The van der Waals surface area contributed by atoms with Crippen molar-refractivity contribution >= 4 is 22.9 Å². The predicted octanol–water partition coefficient (Wildman–Crippen LogP) is 0.478. The molecule has 0 radical (unpaired) electrons. The van der Waals surface area contributed by atoms with E-state index < -0.39 is 0 Å². The highest BCUT2D eigenvalue weighted by molar-refractivity contribution is 7.80. The van der Waals surface area contributed by atoms with Crippen molar-refractivity contribution < 1.29 is 0 Å². The van der Waals surface area contributed by atoms with Crippen LogP contribution in [0.1, 0.15) is 13.3 Å². The Morgan fingerprint density at radius 3 is 2.33 bits per heavy atom. The molecule has 38 valence electrons. The summed E-state index contributed by atoms with van der Waals surface area (Å²) >= 11 is 4.20. The SMILES string of the molecule is CC(S)CC[SiH3]. The Hall–Kier alpha value is 0.567. The Morgan fingerprint density at radius 1 is 1.83 bits per heavy atom. The molecule has 0 spiro atoms. The van der Waals surface area contributed by atoms with Gasteiger partial charge in [0, 0.05) is 10.2 Å². The lowest BCUT2D eigenvalue weighted by molar-refractivity contribution is 0.911. The number of hydrogen-bond acceptors (Lipinski definition) is 1.